The molecule has 1 aliphatic heterocycles. The predicted molar refractivity (Wildman–Crippen MR) is 107 cm³/mol. The lowest BCUT2D eigenvalue weighted by molar-refractivity contribution is -0.133. The minimum atomic E-state index is -0.301. The monoisotopic (exact) mass is 406 g/mol. The molecule has 0 aliphatic carbocycles. The third-order valence-electron chi connectivity index (χ3n) is 4.42. The van der Waals surface area contributed by atoms with Gasteiger partial charge in [-0.15, -0.1) is 10.2 Å². The Labute approximate surface area is 167 Å². The van der Waals surface area contributed by atoms with Gasteiger partial charge in [0.2, 0.25) is 10.9 Å². The molecule has 2 aromatic rings. The second kappa shape index (κ2) is 8.80. The van der Waals surface area contributed by atoms with Crippen molar-refractivity contribution in [2.75, 3.05) is 18.4 Å². The Balaban J connectivity index is 1.64. The van der Waals surface area contributed by atoms with Gasteiger partial charge >= 0.3 is 0 Å². The third-order valence-corrected chi connectivity index (χ3v) is 5.74. The summed E-state index contributed by atoms with van der Waals surface area (Å²) in [6.45, 7) is 5.54. The van der Waals surface area contributed by atoms with E-state index in [1.165, 1.54) is 11.3 Å². The van der Waals surface area contributed by atoms with Gasteiger partial charge in [-0.05, 0) is 37.0 Å². The number of benzene rings is 1. The molecule has 1 atom stereocenters. The van der Waals surface area contributed by atoms with E-state index < -0.39 is 0 Å². The number of halogens is 1. The summed E-state index contributed by atoms with van der Waals surface area (Å²) in [4.78, 5) is 26.7. The SMILES string of the molecule is CC(C)CC(=O)N1CCCC(c2nnc(C(=O)Nc3cccc(Cl)c3)s2)C1. The van der Waals surface area contributed by atoms with Crippen LogP contribution in [-0.2, 0) is 4.79 Å². The highest BCUT2D eigenvalue weighted by molar-refractivity contribution is 7.13. The van der Waals surface area contributed by atoms with Crippen molar-refractivity contribution in [1.82, 2.24) is 15.1 Å². The fourth-order valence-electron chi connectivity index (χ4n) is 3.13. The molecule has 0 saturated carbocycles. The van der Waals surface area contributed by atoms with Crippen LogP contribution in [-0.4, -0.2) is 40.0 Å². The van der Waals surface area contributed by atoms with E-state index in [1.807, 2.05) is 4.90 Å². The van der Waals surface area contributed by atoms with Gasteiger partial charge in [-0.1, -0.05) is 42.9 Å². The molecule has 1 aromatic carbocycles. The van der Waals surface area contributed by atoms with Gasteiger partial charge in [0.15, 0.2) is 0 Å². The molecule has 0 bridgehead atoms. The zero-order chi connectivity index (χ0) is 19.4. The number of carbonyl (C=O) groups excluding carboxylic acids is 2. The van der Waals surface area contributed by atoms with Crippen molar-refractivity contribution in [1.29, 1.82) is 0 Å². The van der Waals surface area contributed by atoms with Crippen molar-refractivity contribution in [2.45, 2.75) is 39.0 Å². The van der Waals surface area contributed by atoms with Crippen molar-refractivity contribution in [3.8, 4) is 0 Å². The van der Waals surface area contributed by atoms with Crippen molar-refractivity contribution in [3.63, 3.8) is 0 Å². The Kier molecular flexibility index (Phi) is 6.44. The molecule has 1 aliphatic rings. The highest BCUT2D eigenvalue weighted by atomic mass is 35.5. The number of nitrogens with zero attached hydrogens (tertiary/aromatic N) is 3. The number of anilines is 1. The normalized spacial score (nSPS) is 17.2. The number of hydrogen-bond acceptors (Lipinski definition) is 5. The summed E-state index contributed by atoms with van der Waals surface area (Å²) in [6, 6.07) is 6.97. The molecule has 144 valence electrons. The fraction of sp³-hybridized carbons (Fsp3) is 0.474. The molecule has 1 fully saturated rings. The van der Waals surface area contributed by atoms with Gasteiger partial charge in [-0.25, -0.2) is 0 Å². The minimum absolute atomic E-state index is 0.139. The van der Waals surface area contributed by atoms with Gasteiger partial charge in [0.05, 0.1) is 0 Å². The predicted octanol–water partition coefficient (Wildman–Crippen LogP) is 4.20. The Hall–Kier alpha value is -1.99. The van der Waals surface area contributed by atoms with Crippen molar-refractivity contribution in [2.24, 2.45) is 5.92 Å². The highest BCUT2D eigenvalue weighted by Gasteiger charge is 2.28. The van der Waals surface area contributed by atoms with Crippen LogP contribution in [0.2, 0.25) is 5.02 Å². The Morgan fingerprint density at radius 3 is 2.93 bits per heavy atom. The Morgan fingerprint density at radius 2 is 2.19 bits per heavy atom. The van der Waals surface area contributed by atoms with Gasteiger partial charge in [-0.3, -0.25) is 9.59 Å². The molecule has 6 nitrogen and oxygen atoms in total. The van der Waals surface area contributed by atoms with Gasteiger partial charge in [-0.2, -0.15) is 0 Å². The summed E-state index contributed by atoms with van der Waals surface area (Å²) in [5, 5.41) is 12.7. The van der Waals surface area contributed by atoms with Crippen LogP contribution >= 0.6 is 22.9 Å². The lowest BCUT2D eigenvalue weighted by atomic mass is 9.98. The molecule has 1 unspecified atom stereocenters. The first-order valence-electron chi connectivity index (χ1n) is 9.10. The molecule has 2 heterocycles. The first kappa shape index (κ1) is 19.8. The van der Waals surface area contributed by atoms with Crippen LogP contribution in [0.15, 0.2) is 24.3 Å². The standard InChI is InChI=1S/C19H23ClN4O2S/c1-12(2)9-16(25)24-8-4-5-13(11-24)18-22-23-19(27-18)17(26)21-15-7-3-6-14(20)10-15/h3,6-7,10,12-13H,4-5,8-9,11H2,1-2H3,(H,21,26). The van der Waals surface area contributed by atoms with Crippen LogP contribution in [0.25, 0.3) is 0 Å². The zero-order valence-corrected chi connectivity index (χ0v) is 17.0. The summed E-state index contributed by atoms with van der Waals surface area (Å²) < 4.78 is 0. The molecule has 8 heteroatoms. The Bertz CT molecular complexity index is 824. The molecular weight excluding hydrogens is 384 g/mol. The van der Waals surface area contributed by atoms with Crippen LogP contribution < -0.4 is 5.32 Å². The number of carbonyl (C=O) groups is 2. The van der Waals surface area contributed by atoms with E-state index in [9.17, 15) is 9.59 Å². The van der Waals surface area contributed by atoms with Crippen LogP contribution in [0.5, 0.6) is 0 Å². The number of piperidine rings is 1. The summed E-state index contributed by atoms with van der Waals surface area (Å²) in [6.07, 6.45) is 2.46. The largest absolute Gasteiger partial charge is 0.342 e. The molecule has 0 spiro atoms. The van der Waals surface area contributed by atoms with Crippen LogP contribution in [0.1, 0.15) is 53.8 Å². The third kappa shape index (κ3) is 5.26. The lowest BCUT2D eigenvalue weighted by Crippen LogP contribution is -2.39. The second-order valence-corrected chi connectivity index (χ2v) is 8.63. The Morgan fingerprint density at radius 1 is 1.37 bits per heavy atom. The van der Waals surface area contributed by atoms with Crippen LogP contribution in [0, 0.1) is 5.92 Å². The average Bonchev–Trinajstić information content (AvgIpc) is 3.11. The molecular formula is C19H23ClN4O2S. The van der Waals surface area contributed by atoms with Crippen LogP contribution in [0.3, 0.4) is 0 Å². The van der Waals surface area contributed by atoms with E-state index in [0.717, 1.165) is 24.4 Å². The van der Waals surface area contributed by atoms with Crippen molar-refractivity contribution < 1.29 is 9.59 Å². The first-order chi connectivity index (χ1) is 12.9. The topological polar surface area (TPSA) is 75.2 Å². The van der Waals surface area contributed by atoms with Crippen molar-refractivity contribution >= 4 is 40.4 Å². The van der Waals surface area contributed by atoms with Crippen LogP contribution in [0.4, 0.5) is 5.69 Å². The maximum atomic E-state index is 12.4. The number of aromatic nitrogens is 2. The summed E-state index contributed by atoms with van der Waals surface area (Å²) in [7, 11) is 0. The molecule has 3 rings (SSSR count). The van der Waals surface area contributed by atoms with Gasteiger partial charge in [0, 0.05) is 36.1 Å². The van der Waals surface area contributed by atoms with E-state index in [4.69, 9.17) is 11.6 Å². The summed E-state index contributed by atoms with van der Waals surface area (Å²) >= 11 is 7.24. The van der Waals surface area contributed by atoms with Gasteiger partial charge in [0.25, 0.3) is 5.91 Å². The molecule has 1 aromatic heterocycles. The minimum Gasteiger partial charge on any atom is -0.342 e. The smallest absolute Gasteiger partial charge is 0.286 e. The molecule has 1 N–H and O–H groups in total. The number of rotatable bonds is 5. The van der Waals surface area contributed by atoms with E-state index >= 15 is 0 Å². The summed E-state index contributed by atoms with van der Waals surface area (Å²) in [5.74, 6) is 0.379. The van der Waals surface area contributed by atoms with E-state index in [1.54, 1.807) is 24.3 Å². The quantitative estimate of drug-likeness (QED) is 0.807. The fourth-order valence-corrected chi connectivity index (χ4v) is 4.18. The van der Waals surface area contributed by atoms with E-state index in [-0.39, 0.29) is 17.7 Å². The van der Waals surface area contributed by atoms with Gasteiger partial charge < -0.3 is 10.2 Å². The zero-order valence-electron chi connectivity index (χ0n) is 15.4. The molecule has 1 saturated heterocycles. The lowest BCUT2D eigenvalue weighted by Gasteiger charge is -2.32. The number of likely N-dealkylation sites (tertiary alicyclic amines) is 1. The van der Waals surface area contributed by atoms with E-state index in [2.05, 4.69) is 29.4 Å². The number of amides is 2. The maximum Gasteiger partial charge on any atom is 0.286 e. The summed E-state index contributed by atoms with van der Waals surface area (Å²) in [5.41, 5.74) is 0.618. The molecule has 0 radical (unpaired) electrons. The van der Waals surface area contributed by atoms with Gasteiger partial charge in [0.1, 0.15) is 5.01 Å². The second-order valence-electron chi connectivity index (χ2n) is 7.19. The number of nitrogens with one attached hydrogen (secondary N) is 1. The molecule has 2 amide bonds. The average molecular weight is 407 g/mol. The first-order valence-corrected chi connectivity index (χ1v) is 10.3. The van der Waals surface area contributed by atoms with E-state index in [0.29, 0.717) is 34.6 Å². The number of hydrogen-bond donors (Lipinski definition) is 1. The highest BCUT2D eigenvalue weighted by Crippen LogP contribution is 2.30. The maximum absolute atomic E-state index is 12.4. The van der Waals surface area contributed by atoms with Crippen molar-refractivity contribution in [3.05, 3.63) is 39.3 Å². The molecule has 27 heavy (non-hydrogen) atoms.